The van der Waals surface area contributed by atoms with Crippen molar-refractivity contribution in [3.05, 3.63) is 40.4 Å². The van der Waals surface area contributed by atoms with Crippen LogP contribution in [-0.2, 0) is 19.4 Å². The summed E-state index contributed by atoms with van der Waals surface area (Å²) in [5.74, 6) is -0.0688. The highest BCUT2D eigenvalue weighted by Gasteiger charge is 2.22. The third-order valence-electron chi connectivity index (χ3n) is 3.94. The van der Waals surface area contributed by atoms with Crippen LogP contribution in [0.15, 0.2) is 17.8 Å². The van der Waals surface area contributed by atoms with Gasteiger partial charge in [-0.15, -0.1) is 11.3 Å². The Morgan fingerprint density at radius 1 is 1.52 bits per heavy atom. The predicted octanol–water partition coefficient (Wildman–Crippen LogP) is 1.88. The van der Waals surface area contributed by atoms with Crippen LogP contribution in [0.1, 0.15) is 33.9 Å². The third-order valence-corrected chi connectivity index (χ3v) is 4.71. The molecule has 0 saturated heterocycles. The number of carbonyl (C=O) groups is 1. The molecule has 0 aliphatic heterocycles. The third kappa shape index (κ3) is 2.04. The maximum atomic E-state index is 12.5. The van der Waals surface area contributed by atoms with Gasteiger partial charge in [0.2, 0.25) is 0 Å². The number of aromatic amines is 1. The van der Waals surface area contributed by atoms with Crippen LogP contribution in [0, 0.1) is 0 Å². The number of nitrogens with one attached hydrogen (secondary N) is 1. The van der Waals surface area contributed by atoms with E-state index in [4.69, 9.17) is 0 Å². The molecule has 0 atom stereocenters. The molecule has 7 heteroatoms. The number of amides is 1. The van der Waals surface area contributed by atoms with E-state index in [0.717, 1.165) is 23.5 Å². The fraction of sp³-hybridized carbons (Fsp3) is 0.357. The van der Waals surface area contributed by atoms with Crippen molar-refractivity contribution in [1.82, 2.24) is 24.5 Å². The van der Waals surface area contributed by atoms with Gasteiger partial charge in [-0.25, -0.2) is 4.98 Å². The van der Waals surface area contributed by atoms with E-state index in [1.807, 2.05) is 16.0 Å². The van der Waals surface area contributed by atoms with Crippen LogP contribution in [-0.4, -0.2) is 37.4 Å². The normalized spacial score (nSPS) is 13.8. The van der Waals surface area contributed by atoms with Gasteiger partial charge in [0.1, 0.15) is 5.69 Å². The highest BCUT2D eigenvalue weighted by molar-refractivity contribution is 7.15. The molecule has 0 aromatic carbocycles. The lowest BCUT2D eigenvalue weighted by Crippen LogP contribution is -2.27. The maximum Gasteiger partial charge on any atom is 0.274 e. The van der Waals surface area contributed by atoms with E-state index in [1.165, 1.54) is 29.0 Å². The maximum absolute atomic E-state index is 12.5. The van der Waals surface area contributed by atoms with Crippen LogP contribution < -0.4 is 0 Å². The van der Waals surface area contributed by atoms with Gasteiger partial charge in [0.25, 0.3) is 5.91 Å². The minimum atomic E-state index is -0.0688. The van der Waals surface area contributed by atoms with Gasteiger partial charge in [-0.3, -0.25) is 14.3 Å². The van der Waals surface area contributed by atoms with Crippen LogP contribution in [0.4, 0.5) is 0 Å². The summed E-state index contributed by atoms with van der Waals surface area (Å²) in [5, 5.41) is 9.38. The molecule has 3 heterocycles. The van der Waals surface area contributed by atoms with Gasteiger partial charge in [0.15, 0.2) is 4.96 Å². The number of thiazole rings is 1. The zero-order valence-corrected chi connectivity index (χ0v) is 12.5. The average molecular weight is 301 g/mol. The monoisotopic (exact) mass is 301 g/mol. The SMILES string of the molecule is CN(Cc1n[nH]c2c1CCC2)C(=O)c1cn2ccsc2n1. The molecule has 1 amide bonds. The first-order valence-corrected chi connectivity index (χ1v) is 7.83. The molecule has 1 aliphatic rings. The number of rotatable bonds is 3. The van der Waals surface area contributed by atoms with Gasteiger partial charge in [-0.05, 0) is 24.8 Å². The van der Waals surface area contributed by atoms with E-state index in [-0.39, 0.29) is 5.91 Å². The van der Waals surface area contributed by atoms with E-state index in [2.05, 4.69) is 15.2 Å². The topological polar surface area (TPSA) is 66.3 Å². The number of hydrogen-bond donors (Lipinski definition) is 1. The van der Waals surface area contributed by atoms with Crippen molar-refractivity contribution >= 4 is 22.2 Å². The van der Waals surface area contributed by atoms with E-state index in [0.29, 0.717) is 12.2 Å². The number of fused-ring (bicyclic) bond motifs is 2. The van der Waals surface area contributed by atoms with Crippen molar-refractivity contribution in [3.63, 3.8) is 0 Å². The molecule has 3 aromatic rings. The van der Waals surface area contributed by atoms with Crippen LogP contribution >= 0.6 is 11.3 Å². The Hall–Kier alpha value is -2.15. The summed E-state index contributed by atoms with van der Waals surface area (Å²) in [7, 11) is 1.80. The fourth-order valence-corrected chi connectivity index (χ4v) is 3.54. The van der Waals surface area contributed by atoms with Gasteiger partial charge in [0.05, 0.1) is 12.2 Å². The minimum absolute atomic E-state index is 0.0688. The molecular weight excluding hydrogens is 286 g/mol. The van der Waals surface area contributed by atoms with Crippen molar-refractivity contribution in [2.45, 2.75) is 25.8 Å². The number of imidazole rings is 1. The van der Waals surface area contributed by atoms with Crippen LogP contribution in [0.2, 0.25) is 0 Å². The van der Waals surface area contributed by atoms with Crippen molar-refractivity contribution in [2.24, 2.45) is 0 Å². The quantitative estimate of drug-likeness (QED) is 0.803. The lowest BCUT2D eigenvalue weighted by atomic mass is 10.2. The Bertz CT molecular complexity index is 786. The smallest absolute Gasteiger partial charge is 0.274 e. The van der Waals surface area contributed by atoms with E-state index >= 15 is 0 Å². The van der Waals surface area contributed by atoms with E-state index in [9.17, 15) is 4.79 Å². The Balaban J connectivity index is 1.55. The Kier molecular flexibility index (Phi) is 2.81. The van der Waals surface area contributed by atoms with Crippen LogP contribution in [0.5, 0.6) is 0 Å². The molecular formula is C14H15N5OS. The largest absolute Gasteiger partial charge is 0.334 e. The number of aryl methyl sites for hydroxylation is 1. The Morgan fingerprint density at radius 3 is 3.29 bits per heavy atom. The molecule has 4 rings (SSSR count). The zero-order valence-electron chi connectivity index (χ0n) is 11.7. The molecule has 0 spiro atoms. The van der Waals surface area contributed by atoms with Crippen LogP contribution in [0.3, 0.4) is 0 Å². The van der Waals surface area contributed by atoms with Gasteiger partial charge < -0.3 is 4.90 Å². The summed E-state index contributed by atoms with van der Waals surface area (Å²) < 4.78 is 1.87. The fourth-order valence-electron chi connectivity index (χ4n) is 2.84. The van der Waals surface area contributed by atoms with Gasteiger partial charge in [0, 0.05) is 30.5 Å². The van der Waals surface area contributed by atoms with Gasteiger partial charge in [-0.2, -0.15) is 5.10 Å². The van der Waals surface area contributed by atoms with Crippen LogP contribution in [0.25, 0.3) is 4.96 Å². The molecule has 0 radical (unpaired) electrons. The molecule has 0 bridgehead atoms. The zero-order chi connectivity index (χ0) is 14.4. The van der Waals surface area contributed by atoms with Gasteiger partial charge >= 0.3 is 0 Å². The highest BCUT2D eigenvalue weighted by atomic mass is 32.1. The van der Waals surface area contributed by atoms with Crippen molar-refractivity contribution in [2.75, 3.05) is 7.05 Å². The summed E-state index contributed by atoms with van der Waals surface area (Å²) >= 11 is 1.52. The summed E-state index contributed by atoms with van der Waals surface area (Å²) in [6.07, 6.45) is 6.98. The number of H-pyrrole nitrogens is 1. The second kappa shape index (κ2) is 4.70. The first kappa shape index (κ1) is 12.6. The van der Waals surface area contributed by atoms with Crippen molar-refractivity contribution < 1.29 is 4.79 Å². The van der Waals surface area contributed by atoms with E-state index in [1.54, 1.807) is 18.1 Å². The summed E-state index contributed by atoms with van der Waals surface area (Å²) in [4.78, 5) is 19.3. The second-order valence-corrected chi connectivity index (χ2v) is 6.23. The molecule has 0 fully saturated rings. The number of hydrogen-bond acceptors (Lipinski definition) is 4. The molecule has 0 unspecified atom stereocenters. The standard InChI is InChI=1S/C14H15N5OS/c1-18(7-11-9-3-2-4-10(9)16-17-11)13(20)12-8-19-5-6-21-14(19)15-12/h5-6,8H,2-4,7H2,1H3,(H,16,17). The Labute approximate surface area is 125 Å². The van der Waals surface area contributed by atoms with Crippen molar-refractivity contribution in [3.8, 4) is 0 Å². The molecule has 1 aliphatic carbocycles. The summed E-state index contributed by atoms with van der Waals surface area (Å²) in [6.45, 7) is 0.524. The molecule has 21 heavy (non-hydrogen) atoms. The highest BCUT2D eigenvalue weighted by Crippen LogP contribution is 2.23. The first-order chi connectivity index (χ1) is 10.2. The first-order valence-electron chi connectivity index (χ1n) is 6.95. The average Bonchev–Trinajstić information content (AvgIpc) is 3.18. The minimum Gasteiger partial charge on any atom is -0.334 e. The molecule has 1 N–H and O–H groups in total. The summed E-state index contributed by atoms with van der Waals surface area (Å²) in [6, 6.07) is 0. The molecule has 108 valence electrons. The summed E-state index contributed by atoms with van der Waals surface area (Å²) in [5.41, 5.74) is 3.99. The second-order valence-electron chi connectivity index (χ2n) is 5.36. The Morgan fingerprint density at radius 2 is 2.43 bits per heavy atom. The molecule has 6 nitrogen and oxygen atoms in total. The van der Waals surface area contributed by atoms with Gasteiger partial charge in [-0.1, -0.05) is 0 Å². The number of carbonyl (C=O) groups excluding carboxylic acids is 1. The lowest BCUT2D eigenvalue weighted by Gasteiger charge is -2.14. The predicted molar refractivity (Wildman–Crippen MR) is 79.5 cm³/mol. The number of nitrogens with zero attached hydrogens (tertiary/aromatic N) is 4. The number of aromatic nitrogens is 4. The molecule has 3 aromatic heterocycles. The molecule has 0 saturated carbocycles. The van der Waals surface area contributed by atoms with Crippen molar-refractivity contribution in [1.29, 1.82) is 0 Å². The lowest BCUT2D eigenvalue weighted by molar-refractivity contribution is 0.0778. The van der Waals surface area contributed by atoms with E-state index < -0.39 is 0 Å².